The molecule has 1 heterocycles. The van der Waals surface area contributed by atoms with E-state index < -0.39 is 0 Å². The summed E-state index contributed by atoms with van der Waals surface area (Å²) in [5.41, 5.74) is 1.51. The van der Waals surface area contributed by atoms with Crippen LogP contribution in [0.15, 0.2) is 30.3 Å². The fourth-order valence-corrected chi connectivity index (χ4v) is 1.72. The third-order valence-corrected chi connectivity index (χ3v) is 2.44. The minimum Gasteiger partial charge on any atom is -0.507 e. The molecule has 1 aromatic heterocycles. The summed E-state index contributed by atoms with van der Waals surface area (Å²) >= 11 is 0. The number of nitrogens with zero attached hydrogens (tertiary/aromatic N) is 2. The number of phenols is 1. The number of nitrogens with one attached hydrogen (secondary N) is 1. The van der Waals surface area contributed by atoms with Crippen LogP contribution < -0.4 is 5.32 Å². The third kappa shape index (κ3) is 2.77. The first-order valence-electron chi connectivity index (χ1n) is 5.97. The number of hydrogen-bond acceptors (Lipinski definition) is 4. The lowest BCUT2D eigenvalue weighted by Gasteiger charge is -2.11. The summed E-state index contributed by atoms with van der Waals surface area (Å²) in [6.07, 6.45) is 0. The van der Waals surface area contributed by atoms with Crippen LogP contribution >= 0.6 is 0 Å². The van der Waals surface area contributed by atoms with Crippen LogP contribution in [0.1, 0.15) is 19.5 Å². The lowest BCUT2D eigenvalue weighted by molar-refractivity contribution is 0.477. The van der Waals surface area contributed by atoms with E-state index in [1.54, 1.807) is 12.1 Å². The monoisotopic (exact) mass is 243 g/mol. The summed E-state index contributed by atoms with van der Waals surface area (Å²) in [4.78, 5) is 8.78. The van der Waals surface area contributed by atoms with Crippen molar-refractivity contribution in [3.05, 3.63) is 36.0 Å². The highest BCUT2D eigenvalue weighted by Gasteiger charge is 2.09. The summed E-state index contributed by atoms with van der Waals surface area (Å²) in [7, 11) is 0. The number of benzene rings is 1. The Labute approximate surface area is 107 Å². The molecular formula is C14H17N3O. The van der Waals surface area contributed by atoms with Crippen molar-refractivity contribution in [2.75, 3.05) is 5.32 Å². The number of aromatic nitrogens is 2. The van der Waals surface area contributed by atoms with E-state index in [-0.39, 0.29) is 5.75 Å². The van der Waals surface area contributed by atoms with Gasteiger partial charge in [-0.2, -0.15) is 0 Å². The first kappa shape index (κ1) is 12.4. The second-order valence-electron chi connectivity index (χ2n) is 4.53. The molecule has 18 heavy (non-hydrogen) atoms. The molecule has 0 saturated carbocycles. The summed E-state index contributed by atoms with van der Waals surface area (Å²) in [5.74, 6) is 1.51. The molecule has 0 atom stereocenters. The highest BCUT2D eigenvalue weighted by molar-refractivity contribution is 5.64. The number of para-hydroxylation sites is 1. The SMILES string of the molecule is Cc1cc(NC(C)C)nc(-c2ccccc2O)n1. The van der Waals surface area contributed by atoms with Gasteiger partial charge in [0.1, 0.15) is 11.6 Å². The second-order valence-corrected chi connectivity index (χ2v) is 4.53. The Balaban J connectivity index is 2.45. The zero-order chi connectivity index (χ0) is 13.1. The Morgan fingerprint density at radius 2 is 1.89 bits per heavy atom. The average molecular weight is 243 g/mol. The highest BCUT2D eigenvalue weighted by atomic mass is 16.3. The van der Waals surface area contributed by atoms with Crippen LogP contribution in [0.3, 0.4) is 0 Å². The van der Waals surface area contributed by atoms with Gasteiger partial charge in [0.15, 0.2) is 5.82 Å². The van der Waals surface area contributed by atoms with Gasteiger partial charge < -0.3 is 10.4 Å². The number of rotatable bonds is 3. The molecule has 0 aliphatic heterocycles. The van der Waals surface area contributed by atoms with Crippen molar-refractivity contribution in [2.45, 2.75) is 26.8 Å². The summed E-state index contributed by atoms with van der Waals surface area (Å²) in [6, 6.07) is 9.28. The van der Waals surface area contributed by atoms with E-state index in [2.05, 4.69) is 29.1 Å². The summed E-state index contributed by atoms with van der Waals surface area (Å²) in [6.45, 7) is 6.02. The molecule has 0 amide bonds. The highest BCUT2D eigenvalue weighted by Crippen LogP contribution is 2.26. The van der Waals surface area contributed by atoms with Crippen LogP contribution in [-0.4, -0.2) is 21.1 Å². The molecule has 0 unspecified atom stereocenters. The van der Waals surface area contributed by atoms with Crippen molar-refractivity contribution in [3.8, 4) is 17.1 Å². The van der Waals surface area contributed by atoms with E-state index in [0.717, 1.165) is 11.5 Å². The minimum absolute atomic E-state index is 0.193. The van der Waals surface area contributed by atoms with Gasteiger partial charge in [0.2, 0.25) is 0 Å². The molecule has 2 rings (SSSR count). The second kappa shape index (κ2) is 5.04. The molecular weight excluding hydrogens is 226 g/mol. The van der Waals surface area contributed by atoms with E-state index in [0.29, 0.717) is 17.4 Å². The van der Waals surface area contributed by atoms with Crippen molar-refractivity contribution in [3.63, 3.8) is 0 Å². The number of aromatic hydroxyl groups is 1. The van der Waals surface area contributed by atoms with Crippen molar-refractivity contribution >= 4 is 5.82 Å². The van der Waals surface area contributed by atoms with Crippen LogP contribution in [0.25, 0.3) is 11.4 Å². The van der Waals surface area contributed by atoms with E-state index in [4.69, 9.17) is 0 Å². The van der Waals surface area contributed by atoms with Crippen LogP contribution in [0.2, 0.25) is 0 Å². The number of hydrogen-bond donors (Lipinski definition) is 2. The Bertz CT molecular complexity index is 552. The maximum absolute atomic E-state index is 9.83. The molecule has 0 spiro atoms. The van der Waals surface area contributed by atoms with Gasteiger partial charge in [-0.3, -0.25) is 0 Å². The number of aryl methyl sites for hydroxylation is 1. The number of anilines is 1. The molecule has 4 heteroatoms. The zero-order valence-corrected chi connectivity index (χ0v) is 10.8. The smallest absolute Gasteiger partial charge is 0.165 e. The molecule has 0 saturated heterocycles. The van der Waals surface area contributed by atoms with Crippen LogP contribution in [0.5, 0.6) is 5.75 Å². The van der Waals surface area contributed by atoms with E-state index in [1.165, 1.54) is 0 Å². The van der Waals surface area contributed by atoms with Gasteiger partial charge in [-0.25, -0.2) is 9.97 Å². The maximum atomic E-state index is 9.83. The van der Waals surface area contributed by atoms with Gasteiger partial charge in [-0.15, -0.1) is 0 Å². The molecule has 0 radical (unpaired) electrons. The molecule has 2 aromatic rings. The van der Waals surface area contributed by atoms with Crippen LogP contribution in [0.4, 0.5) is 5.82 Å². The van der Waals surface area contributed by atoms with Crippen LogP contribution in [-0.2, 0) is 0 Å². The fraction of sp³-hybridized carbons (Fsp3) is 0.286. The normalized spacial score (nSPS) is 10.7. The number of phenolic OH excluding ortho intramolecular Hbond substituents is 1. The molecule has 0 bridgehead atoms. The Morgan fingerprint density at radius 3 is 2.56 bits per heavy atom. The van der Waals surface area contributed by atoms with Crippen molar-refractivity contribution in [2.24, 2.45) is 0 Å². The minimum atomic E-state index is 0.193. The molecule has 0 fully saturated rings. The predicted molar refractivity (Wildman–Crippen MR) is 72.6 cm³/mol. The quantitative estimate of drug-likeness (QED) is 0.870. The lowest BCUT2D eigenvalue weighted by atomic mass is 10.2. The Morgan fingerprint density at radius 1 is 1.17 bits per heavy atom. The van der Waals surface area contributed by atoms with E-state index in [9.17, 15) is 5.11 Å². The summed E-state index contributed by atoms with van der Waals surface area (Å²) in [5, 5.41) is 13.1. The van der Waals surface area contributed by atoms with Gasteiger partial charge in [0.25, 0.3) is 0 Å². The van der Waals surface area contributed by atoms with Crippen molar-refractivity contribution in [1.82, 2.24) is 9.97 Å². The molecule has 94 valence electrons. The predicted octanol–water partition coefficient (Wildman–Crippen LogP) is 2.98. The van der Waals surface area contributed by atoms with Gasteiger partial charge in [0, 0.05) is 17.8 Å². The first-order chi connectivity index (χ1) is 8.56. The molecule has 4 nitrogen and oxygen atoms in total. The molecule has 1 aromatic carbocycles. The fourth-order valence-electron chi connectivity index (χ4n) is 1.72. The van der Waals surface area contributed by atoms with Gasteiger partial charge in [-0.05, 0) is 32.9 Å². The van der Waals surface area contributed by atoms with Gasteiger partial charge in [-0.1, -0.05) is 12.1 Å². The first-order valence-corrected chi connectivity index (χ1v) is 5.97. The molecule has 0 aliphatic carbocycles. The topological polar surface area (TPSA) is 58.0 Å². The van der Waals surface area contributed by atoms with Crippen molar-refractivity contribution in [1.29, 1.82) is 0 Å². The zero-order valence-electron chi connectivity index (χ0n) is 10.8. The Hall–Kier alpha value is -2.10. The molecule has 2 N–H and O–H groups in total. The van der Waals surface area contributed by atoms with E-state index in [1.807, 2.05) is 25.1 Å². The Kier molecular flexibility index (Phi) is 3.46. The van der Waals surface area contributed by atoms with Crippen LogP contribution in [0, 0.1) is 6.92 Å². The summed E-state index contributed by atoms with van der Waals surface area (Å²) < 4.78 is 0. The van der Waals surface area contributed by atoms with Gasteiger partial charge in [0.05, 0.1) is 5.56 Å². The molecule has 0 aliphatic rings. The average Bonchev–Trinajstić information content (AvgIpc) is 2.27. The van der Waals surface area contributed by atoms with E-state index >= 15 is 0 Å². The largest absolute Gasteiger partial charge is 0.507 e. The van der Waals surface area contributed by atoms with Crippen molar-refractivity contribution < 1.29 is 5.11 Å². The standard InChI is InChI=1S/C14H17N3O/c1-9(2)15-13-8-10(3)16-14(17-13)11-6-4-5-7-12(11)18/h4-9,18H,1-3H3,(H,15,16,17). The lowest BCUT2D eigenvalue weighted by Crippen LogP contribution is -2.12. The third-order valence-electron chi connectivity index (χ3n) is 2.44. The van der Waals surface area contributed by atoms with Gasteiger partial charge >= 0.3 is 0 Å². The maximum Gasteiger partial charge on any atom is 0.165 e.